The van der Waals surface area contributed by atoms with E-state index < -0.39 is 0 Å². The van der Waals surface area contributed by atoms with Crippen molar-refractivity contribution in [3.63, 3.8) is 0 Å². The fraction of sp³-hybridized carbons (Fsp3) is 0.933. The minimum absolute atomic E-state index is 0.369. The highest BCUT2D eigenvalue weighted by molar-refractivity contribution is 5.80. The molecule has 0 radical (unpaired) electrons. The van der Waals surface area contributed by atoms with Gasteiger partial charge in [-0.1, -0.05) is 13.8 Å². The predicted molar refractivity (Wildman–Crippen MR) is 74.4 cm³/mol. The first-order valence-corrected chi connectivity index (χ1v) is 7.63. The number of carbonyl (C=O) groups excluding carboxylic acids is 1. The maximum Gasteiger partial charge on any atom is 0.224 e. The zero-order chi connectivity index (χ0) is 13.1. The van der Waals surface area contributed by atoms with Gasteiger partial charge in [0, 0.05) is 31.1 Å². The molecule has 3 heteroatoms. The third-order valence-corrected chi connectivity index (χ3v) is 4.40. The maximum atomic E-state index is 12.0. The summed E-state index contributed by atoms with van der Waals surface area (Å²) >= 11 is 0. The Morgan fingerprint density at radius 1 is 1.28 bits per heavy atom. The third-order valence-electron chi connectivity index (χ3n) is 4.40. The van der Waals surface area contributed by atoms with Gasteiger partial charge in [-0.05, 0) is 44.9 Å². The number of piperidine rings is 1. The molecule has 2 rings (SSSR count). The second-order valence-electron chi connectivity index (χ2n) is 6.50. The van der Waals surface area contributed by atoms with Crippen molar-refractivity contribution in [2.24, 2.45) is 5.92 Å². The summed E-state index contributed by atoms with van der Waals surface area (Å²) in [5.41, 5.74) is 0. The van der Waals surface area contributed by atoms with Crippen molar-refractivity contribution in [3.8, 4) is 0 Å². The van der Waals surface area contributed by atoms with Crippen LogP contribution in [0.15, 0.2) is 0 Å². The van der Waals surface area contributed by atoms with Gasteiger partial charge in [0.1, 0.15) is 0 Å². The molecule has 0 aliphatic carbocycles. The van der Waals surface area contributed by atoms with Gasteiger partial charge in [-0.25, -0.2) is 0 Å². The Hall–Kier alpha value is -0.570. The van der Waals surface area contributed by atoms with Crippen LogP contribution in [0.25, 0.3) is 0 Å². The monoisotopic (exact) mass is 252 g/mol. The summed E-state index contributed by atoms with van der Waals surface area (Å²) in [5.74, 6) is 1.14. The van der Waals surface area contributed by atoms with Crippen LogP contribution in [-0.4, -0.2) is 35.5 Å². The molecular weight excluding hydrogens is 224 g/mol. The zero-order valence-corrected chi connectivity index (χ0v) is 12.1. The summed E-state index contributed by atoms with van der Waals surface area (Å²) < 4.78 is 0. The Balaban J connectivity index is 1.83. The molecule has 0 aromatic carbocycles. The molecule has 0 bridgehead atoms. The molecule has 2 heterocycles. The molecule has 3 unspecified atom stereocenters. The number of nitrogens with zero attached hydrogens (tertiary/aromatic N) is 1. The Morgan fingerprint density at radius 3 is 2.78 bits per heavy atom. The van der Waals surface area contributed by atoms with Crippen LogP contribution in [0.5, 0.6) is 0 Å². The van der Waals surface area contributed by atoms with Crippen molar-refractivity contribution in [1.82, 2.24) is 10.2 Å². The second kappa shape index (κ2) is 6.05. The van der Waals surface area contributed by atoms with E-state index in [1.54, 1.807) is 0 Å². The molecule has 3 nitrogen and oxygen atoms in total. The van der Waals surface area contributed by atoms with Crippen molar-refractivity contribution >= 4 is 5.91 Å². The molecule has 0 aromatic heterocycles. The highest BCUT2D eigenvalue weighted by Crippen LogP contribution is 2.28. The Labute approximate surface area is 111 Å². The average molecular weight is 252 g/mol. The first-order chi connectivity index (χ1) is 8.58. The highest BCUT2D eigenvalue weighted by atomic mass is 16.2. The summed E-state index contributed by atoms with van der Waals surface area (Å²) in [5, 5.41) is 3.70. The van der Waals surface area contributed by atoms with Crippen LogP contribution in [0.2, 0.25) is 0 Å². The SMILES string of the molecule is CC(C)CCC(C)NC1CC(=O)N2CCCCC12. The molecule has 104 valence electrons. The average Bonchev–Trinajstić information content (AvgIpc) is 2.65. The van der Waals surface area contributed by atoms with Crippen LogP contribution >= 0.6 is 0 Å². The summed E-state index contributed by atoms with van der Waals surface area (Å²) in [7, 11) is 0. The van der Waals surface area contributed by atoms with E-state index in [1.165, 1.54) is 32.1 Å². The zero-order valence-electron chi connectivity index (χ0n) is 12.1. The molecule has 0 aromatic rings. The quantitative estimate of drug-likeness (QED) is 0.815. The van der Waals surface area contributed by atoms with Crippen LogP contribution in [0.4, 0.5) is 0 Å². The summed E-state index contributed by atoms with van der Waals surface area (Å²) in [6, 6.07) is 1.42. The highest BCUT2D eigenvalue weighted by Gasteiger charge is 2.40. The van der Waals surface area contributed by atoms with E-state index in [4.69, 9.17) is 0 Å². The van der Waals surface area contributed by atoms with E-state index in [0.29, 0.717) is 24.0 Å². The largest absolute Gasteiger partial charge is 0.338 e. The van der Waals surface area contributed by atoms with E-state index >= 15 is 0 Å². The second-order valence-corrected chi connectivity index (χ2v) is 6.50. The number of hydrogen-bond acceptors (Lipinski definition) is 2. The normalized spacial score (nSPS) is 29.8. The van der Waals surface area contributed by atoms with Crippen LogP contribution in [0.3, 0.4) is 0 Å². The summed E-state index contributed by atoms with van der Waals surface area (Å²) in [6.45, 7) is 7.80. The molecule has 18 heavy (non-hydrogen) atoms. The molecule has 3 atom stereocenters. The van der Waals surface area contributed by atoms with Gasteiger partial charge in [-0.2, -0.15) is 0 Å². The number of fused-ring (bicyclic) bond motifs is 1. The molecular formula is C15H28N2O. The van der Waals surface area contributed by atoms with Gasteiger partial charge in [-0.3, -0.25) is 4.79 Å². The van der Waals surface area contributed by atoms with Gasteiger partial charge >= 0.3 is 0 Å². The fourth-order valence-electron chi connectivity index (χ4n) is 3.33. The molecule has 2 aliphatic heterocycles. The number of hydrogen-bond donors (Lipinski definition) is 1. The number of rotatable bonds is 5. The first kappa shape index (κ1) is 13.9. The van der Waals surface area contributed by atoms with Gasteiger partial charge < -0.3 is 10.2 Å². The lowest BCUT2D eigenvalue weighted by molar-refractivity contribution is -0.129. The van der Waals surface area contributed by atoms with E-state index in [2.05, 4.69) is 31.0 Å². The summed E-state index contributed by atoms with van der Waals surface area (Å²) in [4.78, 5) is 14.1. The van der Waals surface area contributed by atoms with E-state index in [9.17, 15) is 4.79 Å². The number of nitrogens with one attached hydrogen (secondary N) is 1. The summed E-state index contributed by atoms with van der Waals surface area (Å²) in [6.07, 6.45) is 6.88. The van der Waals surface area contributed by atoms with Gasteiger partial charge in [0.15, 0.2) is 0 Å². The minimum atomic E-state index is 0.369. The van der Waals surface area contributed by atoms with Crippen molar-refractivity contribution < 1.29 is 4.79 Å². The molecule has 0 saturated carbocycles. The fourth-order valence-corrected chi connectivity index (χ4v) is 3.33. The lowest BCUT2D eigenvalue weighted by atomic mass is 9.97. The number of amides is 1. The van der Waals surface area contributed by atoms with Crippen LogP contribution in [0, 0.1) is 5.92 Å². The maximum absolute atomic E-state index is 12.0. The van der Waals surface area contributed by atoms with Crippen molar-refractivity contribution in [3.05, 3.63) is 0 Å². The first-order valence-electron chi connectivity index (χ1n) is 7.63. The smallest absolute Gasteiger partial charge is 0.224 e. The van der Waals surface area contributed by atoms with Crippen LogP contribution in [0.1, 0.15) is 59.3 Å². The van der Waals surface area contributed by atoms with E-state index in [0.717, 1.165) is 18.9 Å². The Morgan fingerprint density at radius 2 is 2.06 bits per heavy atom. The molecule has 1 amide bonds. The Bertz CT molecular complexity index is 290. The van der Waals surface area contributed by atoms with E-state index in [1.807, 2.05) is 0 Å². The van der Waals surface area contributed by atoms with Gasteiger partial charge in [0.2, 0.25) is 5.91 Å². The van der Waals surface area contributed by atoms with Crippen molar-refractivity contribution in [1.29, 1.82) is 0 Å². The minimum Gasteiger partial charge on any atom is -0.338 e. The van der Waals surface area contributed by atoms with Crippen LogP contribution in [-0.2, 0) is 4.79 Å². The van der Waals surface area contributed by atoms with Crippen molar-refractivity contribution in [2.75, 3.05) is 6.54 Å². The van der Waals surface area contributed by atoms with E-state index in [-0.39, 0.29) is 0 Å². The Kier molecular flexibility index (Phi) is 4.66. The molecule has 2 aliphatic rings. The topological polar surface area (TPSA) is 32.3 Å². The molecule has 0 spiro atoms. The molecule has 2 saturated heterocycles. The lowest BCUT2D eigenvalue weighted by Crippen LogP contribution is -2.47. The predicted octanol–water partition coefficient (Wildman–Crippen LogP) is 2.55. The lowest BCUT2D eigenvalue weighted by Gasteiger charge is -2.33. The van der Waals surface area contributed by atoms with Gasteiger partial charge in [0.05, 0.1) is 0 Å². The third kappa shape index (κ3) is 3.25. The van der Waals surface area contributed by atoms with Crippen LogP contribution < -0.4 is 5.32 Å². The molecule has 1 N–H and O–H groups in total. The van der Waals surface area contributed by atoms with Crippen molar-refractivity contribution in [2.45, 2.75) is 77.4 Å². The standard InChI is InChI=1S/C15H28N2O/c1-11(2)7-8-12(3)16-13-10-15(18)17-9-5-4-6-14(13)17/h11-14,16H,4-10H2,1-3H3. The van der Waals surface area contributed by atoms with Gasteiger partial charge in [-0.15, -0.1) is 0 Å². The van der Waals surface area contributed by atoms with Gasteiger partial charge in [0.25, 0.3) is 0 Å². The number of carbonyl (C=O) groups is 1. The molecule has 2 fully saturated rings.